The van der Waals surface area contributed by atoms with Gasteiger partial charge < -0.3 is 15.4 Å². The van der Waals surface area contributed by atoms with E-state index in [-0.39, 0.29) is 17.4 Å². The first-order chi connectivity index (χ1) is 18.4. The molecule has 2 N–H and O–H groups in total. The predicted octanol–water partition coefficient (Wildman–Crippen LogP) is 5.22. The number of hydrogen-bond acceptors (Lipinski definition) is 7. The minimum absolute atomic E-state index is 0.0322. The number of benzene rings is 3. The minimum Gasteiger partial charge on any atom is -0.463 e. The van der Waals surface area contributed by atoms with Gasteiger partial charge >= 0.3 is 5.97 Å². The Balaban J connectivity index is 1.72. The number of rotatable bonds is 11. The van der Waals surface area contributed by atoms with Gasteiger partial charge in [0.05, 0.1) is 11.5 Å². The molecule has 0 aromatic heterocycles. The monoisotopic (exact) mass is 531 g/mol. The lowest BCUT2D eigenvalue weighted by molar-refractivity contribution is -0.384. The average molecular weight is 532 g/mol. The van der Waals surface area contributed by atoms with E-state index in [0.29, 0.717) is 29.2 Å². The number of amides is 2. The Hall–Kier alpha value is -4.70. The molecule has 38 heavy (non-hydrogen) atoms. The van der Waals surface area contributed by atoms with Crippen molar-refractivity contribution in [2.75, 3.05) is 17.7 Å². The largest absolute Gasteiger partial charge is 0.463 e. The van der Waals surface area contributed by atoms with Crippen LogP contribution in [0, 0.1) is 10.1 Å². The molecule has 3 aromatic carbocycles. The van der Waals surface area contributed by atoms with Gasteiger partial charge in [-0.25, -0.2) is 4.79 Å². The lowest BCUT2D eigenvalue weighted by Crippen LogP contribution is -2.30. The van der Waals surface area contributed by atoms with Crippen molar-refractivity contribution in [1.82, 2.24) is 5.32 Å². The van der Waals surface area contributed by atoms with E-state index in [1.165, 1.54) is 48.2 Å². The maximum Gasteiger partial charge on any atom is 0.330 e. The maximum absolute atomic E-state index is 13.1. The first-order valence-electron chi connectivity index (χ1n) is 11.6. The summed E-state index contributed by atoms with van der Waals surface area (Å²) in [7, 11) is 0. The Morgan fingerprint density at radius 3 is 2.29 bits per heavy atom. The second kappa shape index (κ2) is 14.1. The van der Waals surface area contributed by atoms with Gasteiger partial charge in [0.25, 0.3) is 17.5 Å². The first kappa shape index (κ1) is 27.9. The number of carbonyl (C=O) groups excluding carboxylic acids is 3. The molecule has 0 unspecified atom stereocenters. The highest BCUT2D eigenvalue weighted by Crippen LogP contribution is 2.21. The van der Waals surface area contributed by atoms with Gasteiger partial charge in [0.1, 0.15) is 5.70 Å². The molecule has 0 aliphatic heterocycles. The van der Waals surface area contributed by atoms with Crippen LogP contribution in [0.2, 0.25) is 0 Å². The average Bonchev–Trinajstić information content (AvgIpc) is 2.92. The minimum atomic E-state index is -0.564. The molecule has 3 rings (SSSR count). The van der Waals surface area contributed by atoms with Crippen LogP contribution in [0.15, 0.2) is 102 Å². The second-order valence-electron chi connectivity index (χ2n) is 7.67. The van der Waals surface area contributed by atoms with Crippen LogP contribution in [0.4, 0.5) is 11.4 Å². The van der Waals surface area contributed by atoms with Crippen LogP contribution >= 0.6 is 11.8 Å². The van der Waals surface area contributed by atoms with Gasteiger partial charge in [-0.1, -0.05) is 24.3 Å². The van der Waals surface area contributed by atoms with Crippen molar-refractivity contribution in [1.29, 1.82) is 0 Å². The number of anilines is 1. The molecule has 2 amide bonds. The fourth-order valence-electron chi connectivity index (χ4n) is 3.11. The summed E-state index contributed by atoms with van der Waals surface area (Å²) in [6, 6.07) is 21.1. The topological polar surface area (TPSA) is 128 Å². The Morgan fingerprint density at radius 1 is 0.974 bits per heavy atom. The molecule has 0 heterocycles. The van der Waals surface area contributed by atoms with Crippen LogP contribution in [-0.2, 0) is 14.3 Å². The van der Waals surface area contributed by atoms with Crippen LogP contribution in [-0.4, -0.2) is 35.1 Å². The van der Waals surface area contributed by atoms with E-state index in [2.05, 4.69) is 10.6 Å². The molecule has 0 spiro atoms. The van der Waals surface area contributed by atoms with Crippen LogP contribution in [0.25, 0.3) is 6.08 Å². The zero-order valence-corrected chi connectivity index (χ0v) is 21.3. The van der Waals surface area contributed by atoms with E-state index in [9.17, 15) is 24.5 Å². The van der Waals surface area contributed by atoms with Crippen molar-refractivity contribution >= 4 is 47.0 Å². The molecule has 0 atom stereocenters. The summed E-state index contributed by atoms with van der Waals surface area (Å²) in [6.07, 6.45) is 4.54. The van der Waals surface area contributed by atoms with Crippen molar-refractivity contribution < 1.29 is 24.0 Å². The summed E-state index contributed by atoms with van der Waals surface area (Å²) in [5.74, 6) is -0.858. The number of nitrogens with zero attached hydrogens (tertiary/aromatic N) is 1. The van der Waals surface area contributed by atoms with Gasteiger partial charge in [-0.2, -0.15) is 0 Å². The first-order valence-corrected chi connectivity index (χ1v) is 12.5. The summed E-state index contributed by atoms with van der Waals surface area (Å²) < 4.78 is 4.83. The second-order valence-corrected chi connectivity index (χ2v) is 8.76. The quantitative estimate of drug-likeness (QED) is 0.114. The van der Waals surface area contributed by atoms with Crippen molar-refractivity contribution in [2.24, 2.45) is 0 Å². The third kappa shape index (κ3) is 8.75. The van der Waals surface area contributed by atoms with E-state index in [4.69, 9.17) is 4.74 Å². The van der Waals surface area contributed by atoms with Crippen molar-refractivity contribution in [3.8, 4) is 0 Å². The molecule has 0 bridgehead atoms. The number of ether oxygens (including phenoxy) is 1. The van der Waals surface area contributed by atoms with Crippen molar-refractivity contribution in [3.63, 3.8) is 0 Å². The van der Waals surface area contributed by atoms with E-state index in [1.54, 1.807) is 55.5 Å². The highest BCUT2D eigenvalue weighted by molar-refractivity contribution is 7.99. The van der Waals surface area contributed by atoms with Gasteiger partial charge in [0, 0.05) is 40.1 Å². The maximum atomic E-state index is 13.1. The number of nitro benzene ring substituents is 1. The predicted molar refractivity (Wildman–Crippen MR) is 147 cm³/mol. The smallest absolute Gasteiger partial charge is 0.330 e. The molecule has 0 aliphatic carbocycles. The summed E-state index contributed by atoms with van der Waals surface area (Å²) in [6.45, 7) is 2.07. The van der Waals surface area contributed by atoms with Gasteiger partial charge in [0.2, 0.25) is 0 Å². The molecule has 194 valence electrons. The Morgan fingerprint density at radius 2 is 1.66 bits per heavy atom. The molecule has 0 saturated heterocycles. The number of hydrogen-bond donors (Lipinski definition) is 2. The summed E-state index contributed by atoms with van der Waals surface area (Å²) in [4.78, 5) is 48.5. The van der Waals surface area contributed by atoms with E-state index >= 15 is 0 Å². The number of esters is 1. The highest BCUT2D eigenvalue weighted by Gasteiger charge is 2.15. The van der Waals surface area contributed by atoms with Crippen molar-refractivity contribution in [3.05, 3.63) is 118 Å². The Bertz CT molecular complexity index is 1340. The summed E-state index contributed by atoms with van der Waals surface area (Å²) in [5.41, 5.74) is 1.25. The third-order valence-corrected chi connectivity index (χ3v) is 5.91. The fraction of sp³-hybridized carbons (Fsp3) is 0.107. The van der Waals surface area contributed by atoms with E-state index in [0.717, 1.165) is 4.90 Å². The van der Waals surface area contributed by atoms with E-state index in [1.807, 2.05) is 12.1 Å². The normalized spacial score (nSPS) is 11.1. The fourth-order valence-corrected chi connectivity index (χ4v) is 3.83. The highest BCUT2D eigenvalue weighted by atomic mass is 32.2. The van der Waals surface area contributed by atoms with Crippen LogP contribution in [0.3, 0.4) is 0 Å². The van der Waals surface area contributed by atoms with Gasteiger partial charge in [-0.15, -0.1) is 11.8 Å². The Kier molecular flexibility index (Phi) is 10.4. The van der Waals surface area contributed by atoms with Crippen LogP contribution in [0.5, 0.6) is 0 Å². The van der Waals surface area contributed by atoms with Crippen LogP contribution < -0.4 is 10.6 Å². The number of thioether (sulfide) groups is 1. The van der Waals surface area contributed by atoms with Crippen LogP contribution in [0.1, 0.15) is 22.8 Å². The molecular weight excluding hydrogens is 506 g/mol. The number of non-ortho nitro benzene ring substituents is 1. The summed E-state index contributed by atoms with van der Waals surface area (Å²) in [5, 5.41) is 16.3. The SMILES string of the molecule is CCOC(=O)/C=C/CSc1ccc(NC(=O)/C(=C/c2ccc([N+](=O)[O-])cc2)NC(=O)c2ccccc2)cc1. The molecular formula is C28H25N3O6S. The molecule has 3 aromatic rings. The van der Waals surface area contributed by atoms with Crippen molar-refractivity contribution in [2.45, 2.75) is 11.8 Å². The molecule has 0 saturated carbocycles. The van der Waals surface area contributed by atoms with E-state index < -0.39 is 16.7 Å². The van der Waals surface area contributed by atoms with Gasteiger partial charge in [0.15, 0.2) is 0 Å². The number of carbonyl (C=O) groups is 3. The lowest BCUT2D eigenvalue weighted by Gasteiger charge is -2.12. The third-order valence-electron chi connectivity index (χ3n) is 4.94. The number of nitrogens with one attached hydrogen (secondary N) is 2. The molecule has 0 radical (unpaired) electrons. The number of nitro groups is 1. The standard InChI is InChI=1S/C28H25N3O6S/c1-2-37-26(32)9-6-18-38-24-16-12-22(13-17-24)29-28(34)25(30-27(33)21-7-4-3-5-8-21)19-20-10-14-23(15-11-20)31(35)36/h3-17,19H,2,18H2,1H3,(H,29,34)(H,30,33)/b9-6+,25-19-. The molecule has 0 fully saturated rings. The molecule has 0 aliphatic rings. The summed E-state index contributed by atoms with van der Waals surface area (Å²) >= 11 is 1.50. The van der Waals surface area contributed by atoms with Gasteiger partial charge in [-0.3, -0.25) is 19.7 Å². The molecule has 10 heteroatoms. The van der Waals surface area contributed by atoms with Gasteiger partial charge in [-0.05, 0) is 67.1 Å². The zero-order chi connectivity index (χ0) is 27.3. The Labute approximate surface area is 223 Å². The zero-order valence-electron chi connectivity index (χ0n) is 20.5. The lowest BCUT2D eigenvalue weighted by atomic mass is 10.1. The molecule has 9 nitrogen and oxygen atoms in total.